The van der Waals surface area contributed by atoms with Crippen LogP contribution in [0.4, 0.5) is 13.8 Å². The highest BCUT2D eigenvalue weighted by Gasteiger charge is 2.42. The van der Waals surface area contributed by atoms with Crippen LogP contribution in [0.2, 0.25) is 0 Å². The van der Waals surface area contributed by atoms with E-state index in [9.17, 15) is 23.1 Å². The van der Waals surface area contributed by atoms with E-state index in [-0.39, 0.29) is 36.8 Å². The number of halogens is 1. The third-order valence-corrected chi connectivity index (χ3v) is 10.8. The molecular formula is C31H58FN4O9PS. The Morgan fingerprint density at radius 3 is 2.13 bits per heavy atom. The number of urea groups is 1. The molecule has 2 rings (SSSR count). The lowest BCUT2D eigenvalue weighted by Crippen LogP contribution is -2.36. The number of amides is 4. The maximum Gasteiger partial charge on any atom is 0.407 e. The first kappa shape index (κ1) is 41.5. The van der Waals surface area contributed by atoms with Crippen molar-refractivity contribution in [1.29, 1.82) is 0 Å². The SMILES string of the molecule is CCOP(=O)(F)CCCCCCCCCCOC(=O)NCCOCCOCCOCCNC(=O)CCCC[C@@H]1SC[C@@H]2NC(=O)N[C@@H]21. The molecule has 2 heterocycles. The summed E-state index contributed by atoms with van der Waals surface area (Å²) < 4.78 is 51.0. The van der Waals surface area contributed by atoms with Crippen LogP contribution in [0.25, 0.3) is 0 Å². The van der Waals surface area contributed by atoms with Gasteiger partial charge in [0.15, 0.2) is 0 Å². The molecule has 0 aromatic heterocycles. The van der Waals surface area contributed by atoms with Crippen molar-refractivity contribution in [2.45, 2.75) is 101 Å². The Morgan fingerprint density at radius 2 is 1.45 bits per heavy atom. The van der Waals surface area contributed by atoms with Crippen LogP contribution in [-0.4, -0.2) is 113 Å². The fourth-order valence-electron chi connectivity index (χ4n) is 5.33. The third-order valence-electron chi connectivity index (χ3n) is 7.78. The van der Waals surface area contributed by atoms with Gasteiger partial charge in [0.25, 0.3) is 0 Å². The molecule has 0 aromatic rings. The quantitative estimate of drug-likeness (QED) is 0.0457. The fraction of sp³-hybridized carbons (Fsp3) is 0.903. The lowest BCUT2D eigenvalue weighted by Gasteiger charge is -2.16. The molecule has 274 valence electrons. The number of nitrogens with one attached hydrogen (secondary N) is 4. The molecule has 0 aliphatic carbocycles. The zero-order valence-electron chi connectivity index (χ0n) is 28.1. The van der Waals surface area contributed by atoms with E-state index in [0.717, 1.165) is 70.0 Å². The van der Waals surface area contributed by atoms with E-state index < -0.39 is 13.8 Å². The van der Waals surface area contributed by atoms with E-state index in [4.69, 9.17) is 18.9 Å². The van der Waals surface area contributed by atoms with Gasteiger partial charge < -0.3 is 44.7 Å². The normalized spacial score (nSPS) is 19.9. The molecule has 0 radical (unpaired) electrons. The lowest BCUT2D eigenvalue weighted by molar-refractivity contribution is -0.121. The second-order valence-corrected chi connectivity index (χ2v) is 14.8. The van der Waals surface area contributed by atoms with Crippen molar-refractivity contribution < 1.29 is 46.6 Å². The van der Waals surface area contributed by atoms with Crippen LogP contribution in [-0.2, 0) is 32.8 Å². The van der Waals surface area contributed by atoms with Crippen molar-refractivity contribution in [2.75, 3.05) is 77.9 Å². The molecule has 2 aliphatic heterocycles. The van der Waals surface area contributed by atoms with E-state index in [1.165, 1.54) is 0 Å². The zero-order chi connectivity index (χ0) is 34.0. The number of thioether (sulfide) groups is 1. The highest BCUT2D eigenvalue weighted by Crippen LogP contribution is 2.49. The summed E-state index contributed by atoms with van der Waals surface area (Å²) >= 11 is 1.89. The third kappa shape index (κ3) is 21.1. The molecule has 0 spiro atoms. The van der Waals surface area contributed by atoms with Crippen molar-refractivity contribution in [3.05, 3.63) is 0 Å². The standard InChI is InChI=1S/C31H58FN4O9PS/c1-2-45-46(32,40)24-12-8-6-4-3-5-7-11-17-44-31(39)34-16-19-42-21-23-43-22-20-41-18-15-33-28(37)14-10-9-13-27-29-26(25-47-27)35-30(38)36-29/h26-27,29H,2-25H2,1H3,(H,33,37)(H,34,39)(H2,35,36,38)/t26-,27-,29-,46?/m0/s1. The molecule has 2 fully saturated rings. The number of hydrogen-bond acceptors (Lipinski definition) is 10. The second-order valence-electron chi connectivity index (χ2n) is 11.7. The Bertz CT molecular complexity index is 926. The fourth-order valence-corrected chi connectivity index (χ4v) is 7.99. The molecule has 0 aromatic carbocycles. The molecule has 2 saturated heterocycles. The van der Waals surface area contributed by atoms with Crippen molar-refractivity contribution in [2.24, 2.45) is 0 Å². The maximum absolute atomic E-state index is 13.4. The lowest BCUT2D eigenvalue weighted by atomic mass is 10.0. The van der Waals surface area contributed by atoms with Gasteiger partial charge in [-0.05, 0) is 32.6 Å². The Labute approximate surface area is 284 Å². The van der Waals surface area contributed by atoms with Gasteiger partial charge in [-0.25, -0.2) is 9.59 Å². The van der Waals surface area contributed by atoms with Crippen molar-refractivity contribution in [3.63, 3.8) is 0 Å². The number of unbranched alkanes of at least 4 members (excludes halogenated alkanes) is 8. The van der Waals surface area contributed by atoms with Crippen LogP contribution in [0, 0.1) is 0 Å². The topological polar surface area (TPSA) is 163 Å². The molecule has 0 saturated carbocycles. The first-order valence-corrected chi connectivity index (χ1v) is 20.1. The summed E-state index contributed by atoms with van der Waals surface area (Å²) in [6.45, 7) is 5.44. The summed E-state index contributed by atoms with van der Waals surface area (Å²) in [6.07, 6.45) is 10.2. The molecule has 4 atom stereocenters. The highest BCUT2D eigenvalue weighted by atomic mass is 32.2. The van der Waals surface area contributed by atoms with Gasteiger partial charge in [0.05, 0.1) is 71.1 Å². The zero-order valence-corrected chi connectivity index (χ0v) is 29.8. The molecule has 13 nitrogen and oxygen atoms in total. The van der Waals surface area contributed by atoms with Crippen LogP contribution < -0.4 is 21.3 Å². The van der Waals surface area contributed by atoms with Gasteiger partial charge >= 0.3 is 19.8 Å². The number of alkyl carbamates (subject to hydrolysis) is 1. The van der Waals surface area contributed by atoms with E-state index in [1.807, 2.05) is 11.8 Å². The minimum atomic E-state index is -3.88. The van der Waals surface area contributed by atoms with Crippen molar-refractivity contribution in [1.82, 2.24) is 21.3 Å². The molecule has 4 N–H and O–H groups in total. The van der Waals surface area contributed by atoms with Gasteiger partial charge in [-0.2, -0.15) is 16.0 Å². The summed E-state index contributed by atoms with van der Waals surface area (Å²) in [4.78, 5) is 35.2. The second kappa shape index (κ2) is 26.3. The Balaban J connectivity index is 1.23. The maximum atomic E-state index is 13.4. The first-order chi connectivity index (χ1) is 22.8. The number of fused-ring (bicyclic) bond motifs is 1. The summed E-state index contributed by atoms with van der Waals surface area (Å²) in [5.41, 5.74) is 0. The van der Waals surface area contributed by atoms with E-state index in [0.29, 0.717) is 77.4 Å². The largest absolute Gasteiger partial charge is 0.450 e. The summed E-state index contributed by atoms with van der Waals surface area (Å²) in [5, 5.41) is 11.9. The van der Waals surface area contributed by atoms with Gasteiger partial charge in [0.1, 0.15) is 0 Å². The Hall–Kier alpha value is -1.64. The first-order valence-electron chi connectivity index (χ1n) is 17.3. The average Bonchev–Trinajstić information content (AvgIpc) is 3.59. The predicted octanol–water partition coefficient (Wildman–Crippen LogP) is 4.92. The van der Waals surface area contributed by atoms with Gasteiger partial charge in [-0.1, -0.05) is 44.9 Å². The van der Waals surface area contributed by atoms with Crippen LogP contribution >= 0.6 is 19.4 Å². The number of carbonyl (C=O) groups excluding carboxylic acids is 3. The molecule has 1 unspecified atom stereocenters. The number of ether oxygens (including phenoxy) is 4. The number of rotatable bonds is 30. The Morgan fingerprint density at radius 1 is 0.830 bits per heavy atom. The van der Waals surface area contributed by atoms with Crippen LogP contribution in [0.5, 0.6) is 0 Å². The van der Waals surface area contributed by atoms with Crippen molar-refractivity contribution >= 4 is 37.5 Å². The van der Waals surface area contributed by atoms with Crippen LogP contribution in [0.3, 0.4) is 0 Å². The highest BCUT2D eigenvalue weighted by molar-refractivity contribution is 8.00. The minimum absolute atomic E-state index is 0.00878. The van der Waals surface area contributed by atoms with Gasteiger partial charge in [0, 0.05) is 30.5 Å². The van der Waals surface area contributed by atoms with E-state index >= 15 is 0 Å². The number of carbonyl (C=O) groups is 3. The smallest absolute Gasteiger partial charge is 0.407 e. The Kier molecular flexibility index (Phi) is 23.2. The summed E-state index contributed by atoms with van der Waals surface area (Å²) in [7, 11) is -3.88. The number of hydrogen-bond donors (Lipinski definition) is 4. The molecule has 0 bridgehead atoms. The molecule has 2 aliphatic rings. The summed E-state index contributed by atoms with van der Waals surface area (Å²) in [5.74, 6) is 0.979. The van der Waals surface area contributed by atoms with Gasteiger partial charge in [-0.3, -0.25) is 9.36 Å². The summed E-state index contributed by atoms with van der Waals surface area (Å²) in [6, 6.07) is 0.384. The molecule has 16 heteroatoms. The molecular weight excluding hydrogens is 654 g/mol. The monoisotopic (exact) mass is 712 g/mol. The van der Waals surface area contributed by atoms with Crippen LogP contribution in [0.1, 0.15) is 84.0 Å². The van der Waals surface area contributed by atoms with Crippen molar-refractivity contribution in [3.8, 4) is 0 Å². The van der Waals surface area contributed by atoms with E-state index in [2.05, 4.69) is 25.8 Å². The van der Waals surface area contributed by atoms with E-state index in [1.54, 1.807) is 6.92 Å². The van der Waals surface area contributed by atoms with Gasteiger partial charge in [0.2, 0.25) is 5.91 Å². The molecule has 4 amide bonds. The van der Waals surface area contributed by atoms with Crippen LogP contribution in [0.15, 0.2) is 0 Å². The average molecular weight is 713 g/mol. The molecule has 47 heavy (non-hydrogen) atoms. The predicted molar refractivity (Wildman–Crippen MR) is 181 cm³/mol. The van der Waals surface area contributed by atoms with Gasteiger partial charge in [-0.15, -0.1) is 0 Å². The minimum Gasteiger partial charge on any atom is -0.450 e.